The third kappa shape index (κ3) is 5.48. The number of nitrogens with zero attached hydrogens (tertiary/aromatic N) is 3. The minimum absolute atomic E-state index is 0.137. The van der Waals surface area contributed by atoms with Gasteiger partial charge in [-0.05, 0) is 36.4 Å². The SMILES string of the molecule is COc1ccc(N2CCN(C(=O)COC(=O)CSc3nc4ccccc4s3)CC2)cc1. The van der Waals surface area contributed by atoms with Gasteiger partial charge >= 0.3 is 5.97 Å². The van der Waals surface area contributed by atoms with Gasteiger partial charge in [-0.2, -0.15) is 0 Å². The van der Waals surface area contributed by atoms with Crippen molar-refractivity contribution in [1.82, 2.24) is 9.88 Å². The average Bonchev–Trinajstić information content (AvgIpc) is 3.24. The molecule has 7 nitrogen and oxygen atoms in total. The van der Waals surface area contributed by atoms with E-state index < -0.39 is 5.97 Å². The zero-order valence-electron chi connectivity index (χ0n) is 17.2. The molecule has 1 aliphatic heterocycles. The van der Waals surface area contributed by atoms with E-state index in [1.165, 1.54) is 11.8 Å². The molecule has 0 saturated carbocycles. The number of ether oxygens (including phenoxy) is 2. The van der Waals surface area contributed by atoms with Crippen LogP contribution in [-0.4, -0.2) is 67.4 Å². The van der Waals surface area contributed by atoms with E-state index in [4.69, 9.17) is 9.47 Å². The number of methoxy groups -OCH3 is 1. The zero-order valence-corrected chi connectivity index (χ0v) is 18.8. The number of thioether (sulfide) groups is 1. The van der Waals surface area contributed by atoms with Crippen molar-refractivity contribution in [3.63, 3.8) is 0 Å². The number of hydrogen-bond acceptors (Lipinski definition) is 8. The first-order chi connectivity index (χ1) is 15.1. The third-order valence-corrected chi connectivity index (χ3v) is 7.17. The Morgan fingerprint density at radius 2 is 1.81 bits per heavy atom. The second-order valence-electron chi connectivity index (χ2n) is 6.96. The number of amides is 1. The molecule has 1 amide bonds. The second kappa shape index (κ2) is 10.0. The molecule has 0 spiro atoms. The monoisotopic (exact) mass is 457 g/mol. The van der Waals surface area contributed by atoms with E-state index in [1.54, 1.807) is 23.3 Å². The van der Waals surface area contributed by atoms with Crippen LogP contribution in [0.25, 0.3) is 10.2 Å². The van der Waals surface area contributed by atoms with Crippen molar-refractivity contribution in [2.45, 2.75) is 4.34 Å². The van der Waals surface area contributed by atoms with E-state index in [0.29, 0.717) is 13.1 Å². The fourth-order valence-electron chi connectivity index (χ4n) is 3.32. The zero-order chi connectivity index (χ0) is 21.6. The highest BCUT2D eigenvalue weighted by molar-refractivity contribution is 8.01. The van der Waals surface area contributed by atoms with Crippen LogP contribution in [0.1, 0.15) is 0 Å². The number of anilines is 1. The van der Waals surface area contributed by atoms with Crippen molar-refractivity contribution in [1.29, 1.82) is 0 Å². The van der Waals surface area contributed by atoms with Gasteiger partial charge in [0, 0.05) is 31.9 Å². The first-order valence-corrected chi connectivity index (χ1v) is 11.7. The van der Waals surface area contributed by atoms with E-state index in [0.717, 1.165) is 39.1 Å². The summed E-state index contributed by atoms with van der Waals surface area (Å²) in [5.74, 6) is 0.390. The molecule has 1 fully saturated rings. The predicted molar refractivity (Wildman–Crippen MR) is 123 cm³/mol. The molecule has 0 aliphatic carbocycles. The van der Waals surface area contributed by atoms with Crippen molar-refractivity contribution in [3.05, 3.63) is 48.5 Å². The molecule has 2 heterocycles. The summed E-state index contributed by atoms with van der Waals surface area (Å²) in [6.07, 6.45) is 0. The van der Waals surface area contributed by atoms with Gasteiger partial charge in [0.25, 0.3) is 5.91 Å². The van der Waals surface area contributed by atoms with Gasteiger partial charge in [0.1, 0.15) is 5.75 Å². The van der Waals surface area contributed by atoms with Crippen LogP contribution in [0.5, 0.6) is 5.75 Å². The summed E-state index contributed by atoms with van der Waals surface area (Å²) in [7, 11) is 1.64. The van der Waals surface area contributed by atoms with Crippen LogP contribution in [0.4, 0.5) is 5.69 Å². The number of para-hydroxylation sites is 1. The van der Waals surface area contributed by atoms with Gasteiger partial charge in [0.15, 0.2) is 10.9 Å². The molecular formula is C22H23N3O4S2. The Balaban J connectivity index is 1.18. The standard InChI is InChI=1S/C22H23N3O4S2/c1-28-17-8-6-16(7-9-17)24-10-12-25(13-11-24)20(26)14-29-21(27)15-30-22-23-18-4-2-3-5-19(18)31-22/h2-9H,10-15H2,1H3. The molecule has 0 N–H and O–H groups in total. The quantitative estimate of drug-likeness (QED) is 0.398. The van der Waals surface area contributed by atoms with Crippen LogP contribution in [0.3, 0.4) is 0 Å². The minimum Gasteiger partial charge on any atom is -0.497 e. The van der Waals surface area contributed by atoms with E-state index >= 15 is 0 Å². The Morgan fingerprint density at radius 3 is 2.52 bits per heavy atom. The summed E-state index contributed by atoms with van der Waals surface area (Å²) in [6.45, 7) is 2.45. The number of hydrogen-bond donors (Lipinski definition) is 0. The number of carbonyl (C=O) groups is 2. The first kappa shape index (κ1) is 21.5. The van der Waals surface area contributed by atoms with Crippen LogP contribution in [0.15, 0.2) is 52.9 Å². The lowest BCUT2D eigenvalue weighted by Gasteiger charge is -2.36. The van der Waals surface area contributed by atoms with Crippen molar-refractivity contribution < 1.29 is 19.1 Å². The van der Waals surface area contributed by atoms with E-state index in [9.17, 15) is 9.59 Å². The maximum atomic E-state index is 12.4. The molecule has 2 aromatic carbocycles. The van der Waals surface area contributed by atoms with Gasteiger partial charge in [-0.25, -0.2) is 4.98 Å². The number of esters is 1. The molecule has 0 bridgehead atoms. The van der Waals surface area contributed by atoms with Gasteiger partial charge in [-0.15, -0.1) is 11.3 Å². The molecule has 162 valence electrons. The van der Waals surface area contributed by atoms with Crippen molar-refractivity contribution in [2.75, 3.05) is 50.5 Å². The Kier molecular flexibility index (Phi) is 6.93. The number of thiazole rings is 1. The van der Waals surface area contributed by atoms with E-state index in [2.05, 4.69) is 9.88 Å². The smallest absolute Gasteiger partial charge is 0.316 e. The molecule has 4 rings (SSSR count). The molecule has 1 aromatic heterocycles. The van der Waals surface area contributed by atoms with Crippen LogP contribution < -0.4 is 9.64 Å². The van der Waals surface area contributed by atoms with Gasteiger partial charge < -0.3 is 19.3 Å². The Morgan fingerprint density at radius 1 is 1.06 bits per heavy atom. The normalized spacial score (nSPS) is 14.0. The summed E-state index contributed by atoms with van der Waals surface area (Å²) < 4.78 is 12.3. The average molecular weight is 458 g/mol. The van der Waals surface area contributed by atoms with E-state index in [1.807, 2.05) is 48.5 Å². The lowest BCUT2D eigenvalue weighted by atomic mass is 10.2. The highest BCUT2D eigenvalue weighted by Crippen LogP contribution is 2.29. The molecule has 9 heteroatoms. The fraction of sp³-hybridized carbons (Fsp3) is 0.318. The van der Waals surface area contributed by atoms with Crippen molar-refractivity contribution >= 4 is 50.9 Å². The van der Waals surface area contributed by atoms with Gasteiger partial charge in [-0.1, -0.05) is 23.9 Å². The molecule has 0 radical (unpaired) electrons. The largest absolute Gasteiger partial charge is 0.497 e. The minimum atomic E-state index is -0.408. The number of fused-ring (bicyclic) bond motifs is 1. The first-order valence-electron chi connectivity index (χ1n) is 9.93. The summed E-state index contributed by atoms with van der Waals surface area (Å²) >= 11 is 2.88. The Labute approximate surface area is 189 Å². The van der Waals surface area contributed by atoms with Crippen molar-refractivity contribution in [2.24, 2.45) is 0 Å². The molecule has 1 saturated heterocycles. The topological polar surface area (TPSA) is 72.0 Å². The fourth-order valence-corrected chi connectivity index (χ4v) is 5.18. The summed E-state index contributed by atoms with van der Waals surface area (Å²) in [4.78, 5) is 32.9. The maximum absolute atomic E-state index is 12.4. The molecule has 31 heavy (non-hydrogen) atoms. The number of rotatable bonds is 7. The Bertz CT molecular complexity index is 1010. The third-order valence-electron chi connectivity index (χ3n) is 5.01. The summed E-state index contributed by atoms with van der Waals surface area (Å²) in [5, 5.41) is 0. The number of benzene rings is 2. The highest BCUT2D eigenvalue weighted by atomic mass is 32.2. The summed E-state index contributed by atoms with van der Waals surface area (Å²) in [5.41, 5.74) is 2.03. The Hall–Kier alpha value is -2.78. The van der Waals surface area contributed by atoms with Gasteiger partial charge in [-0.3, -0.25) is 9.59 Å². The second-order valence-corrected chi connectivity index (χ2v) is 9.22. The highest BCUT2D eigenvalue weighted by Gasteiger charge is 2.22. The summed E-state index contributed by atoms with van der Waals surface area (Å²) in [6, 6.07) is 15.7. The molecule has 1 aliphatic rings. The van der Waals surface area contributed by atoms with Gasteiger partial charge in [0.2, 0.25) is 0 Å². The maximum Gasteiger partial charge on any atom is 0.316 e. The number of carbonyl (C=O) groups excluding carboxylic acids is 2. The number of aromatic nitrogens is 1. The van der Waals surface area contributed by atoms with Crippen LogP contribution in [0, 0.1) is 0 Å². The molecular weight excluding hydrogens is 434 g/mol. The molecule has 0 atom stereocenters. The van der Waals surface area contributed by atoms with Gasteiger partial charge in [0.05, 0.1) is 23.1 Å². The molecule has 3 aromatic rings. The van der Waals surface area contributed by atoms with Crippen LogP contribution in [0.2, 0.25) is 0 Å². The molecule has 0 unspecified atom stereocenters. The van der Waals surface area contributed by atoms with E-state index in [-0.39, 0.29) is 18.3 Å². The lowest BCUT2D eigenvalue weighted by molar-refractivity contribution is -0.150. The number of piperazine rings is 1. The van der Waals surface area contributed by atoms with Crippen LogP contribution >= 0.6 is 23.1 Å². The lowest BCUT2D eigenvalue weighted by Crippen LogP contribution is -2.49. The van der Waals surface area contributed by atoms with Crippen molar-refractivity contribution in [3.8, 4) is 5.75 Å². The van der Waals surface area contributed by atoms with Crippen LogP contribution in [-0.2, 0) is 14.3 Å². The predicted octanol–water partition coefficient (Wildman–Crippen LogP) is 3.29.